The number of nitrogens with two attached hydrogens (primary N) is 1. The Bertz CT molecular complexity index is 398. The molecule has 0 unspecified atom stereocenters. The number of halogens is 3. The summed E-state index contributed by atoms with van der Waals surface area (Å²) in [5.41, 5.74) is 4.87. The highest BCUT2D eigenvalue weighted by atomic mass is 79.9. The minimum Gasteiger partial charge on any atom is -0.480 e. The molecule has 0 amide bonds. The summed E-state index contributed by atoms with van der Waals surface area (Å²) >= 11 is 2.88. The van der Waals surface area contributed by atoms with Gasteiger partial charge >= 0.3 is 5.97 Å². The SMILES string of the molecule is N[C@H](Cc1c(F)ccc(Br)c1F)C(=O)O. The molecule has 82 valence electrons. The first-order valence-electron chi connectivity index (χ1n) is 4.04. The fraction of sp³-hybridized carbons (Fsp3) is 0.222. The summed E-state index contributed by atoms with van der Waals surface area (Å²) in [4.78, 5) is 10.4. The second kappa shape index (κ2) is 4.67. The van der Waals surface area contributed by atoms with Crippen LogP contribution in [0, 0.1) is 11.6 Å². The highest BCUT2D eigenvalue weighted by Gasteiger charge is 2.19. The zero-order valence-corrected chi connectivity index (χ0v) is 9.09. The standard InChI is InChI=1S/C9H8BrF2NO2/c10-5-1-2-6(11)4(8(5)12)3-7(13)9(14)15/h1-2,7H,3,13H2,(H,14,15)/t7-/m1/s1. The monoisotopic (exact) mass is 279 g/mol. The summed E-state index contributed by atoms with van der Waals surface area (Å²) in [6.07, 6.45) is -0.383. The molecule has 1 atom stereocenters. The predicted molar refractivity (Wildman–Crippen MR) is 53.4 cm³/mol. The lowest BCUT2D eigenvalue weighted by Crippen LogP contribution is -2.33. The number of hydrogen-bond acceptors (Lipinski definition) is 2. The van der Waals surface area contributed by atoms with Crippen molar-refractivity contribution in [2.24, 2.45) is 5.73 Å². The van der Waals surface area contributed by atoms with E-state index in [0.717, 1.165) is 6.07 Å². The minimum absolute atomic E-state index is 0.0801. The molecule has 0 saturated heterocycles. The summed E-state index contributed by atoms with van der Waals surface area (Å²) in [6, 6.07) is 0.945. The van der Waals surface area contributed by atoms with E-state index in [-0.39, 0.29) is 16.5 Å². The van der Waals surface area contributed by atoms with Crippen LogP contribution in [0.1, 0.15) is 5.56 Å². The molecule has 0 aliphatic carbocycles. The molecular weight excluding hydrogens is 272 g/mol. The van der Waals surface area contributed by atoms with E-state index in [0.29, 0.717) is 0 Å². The summed E-state index contributed by atoms with van der Waals surface area (Å²) in [5.74, 6) is -2.91. The Hall–Kier alpha value is -1.01. The fourth-order valence-corrected chi connectivity index (χ4v) is 1.43. The Balaban J connectivity index is 3.03. The topological polar surface area (TPSA) is 63.3 Å². The van der Waals surface area contributed by atoms with Crippen LogP contribution in [0.4, 0.5) is 8.78 Å². The van der Waals surface area contributed by atoms with Gasteiger partial charge in [-0.15, -0.1) is 0 Å². The van der Waals surface area contributed by atoms with Crippen LogP contribution in [0.25, 0.3) is 0 Å². The molecule has 1 aromatic rings. The van der Waals surface area contributed by atoms with Crippen molar-refractivity contribution in [3.8, 4) is 0 Å². The zero-order valence-electron chi connectivity index (χ0n) is 7.51. The van der Waals surface area contributed by atoms with Crippen molar-refractivity contribution in [2.45, 2.75) is 12.5 Å². The summed E-state index contributed by atoms with van der Waals surface area (Å²) in [5, 5.41) is 8.51. The molecule has 0 heterocycles. The third kappa shape index (κ3) is 2.73. The van der Waals surface area contributed by atoms with Crippen molar-refractivity contribution >= 4 is 21.9 Å². The Morgan fingerprint density at radius 1 is 1.53 bits per heavy atom. The van der Waals surface area contributed by atoms with Gasteiger partial charge in [0.15, 0.2) is 0 Å². The highest BCUT2D eigenvalue weighted by Crippen LogP contribution is 2.22. The van der Waals surface area contributed by atoms with Crippen LogP contribution in [0.2, 0.25) is 0 Å². The van der Waals surface area contributed by atoms with Gasteiger partial charge in [0.2, 0.25) is 0 Å². The zero-order chi connectivity index (χ0) is 11.6. The number of aliphatic carboxylic acids is 1. The van der Waals surface area contributed by atoms with Crippen molar-refractivity contribution in [1.82, 2.24) is 0 Å². The quantitative estimate of drug-likeness (QED) is 0.828. The summed E-state index contributed by atoms with van der Waals surface area (Å²) in [6.45, 7) is 0. The molecule has 3 N–H and O–H groups in total. The lowest BCUT2D eigenvalue weighted by Gasteiger charge is -2.09. The lowest BCUT2D eigenvalue weighted by molar-refractivity contribution is -0.138. The molecule has 0 saturated carbocycles. The number of carboxylic acids is 1. The van der Waals surface area contributed by atoms with Crippen LogP contribution in [0.15, 0.2) is 16.6 Å². The minimum atomic E-state index is -1.32. The number of hydrogen-bond donors (Lipinski definition) is 2. The van der Waals surface area contributed by atoms with E-state index in [4.69, 9.17) is 10.8 Å². The first kappa shape index (κ1) is 12.1. The van der Waals surface area contributed by atoms with Gasteiger partial charge in [0.1, 0.15) is 17.7 Å². The first-order valence-corrected chi connectivity index (χ1v) is 4.83. The third-order valence-electron chi connectivity index (χ3n) is 1.88. The molecule has 0 aromatic heterocycles. The molecule has 0 radical (unpaired) electrons. The van der Waals surface area contributed by atoms with Crippen LogP contribution < -0.4 is 5.73 Å². The Kier molecular flexibility index (Phi) is 3.76. The summed E-state index contributed by atoms with van der Waals surface area (Å²) in [7, 11) is 0. The fourth-order valence-electron chi connectivity index (χ4n) is 1.06. The maximum absolute atomic E-state index is 13.4. The van der Waals surface area contributed by atoms with Gasteiger partial charge in [-0.05, 0) is 28.1 Å². The smallest absolute Gasteiger partial charge is 0.320 e. The van der Waals surface area contributed by atoms with Gasteiger partial charge in [-0.1, -0.05) is 0 Å². The second-order valence-corrected chi connectivity index (χ2v) is 3.82. The Labute approximate surface area is 93.0 Å². The molecule has 6 heteroatoms. The molecule has 0 spiro atoms. The molecule has 1 aromatic carbocycles. The van der Waals surface area contributed by atoms with Crippen molar-refractivity contribution < 1.29 is 18.7 Å². The predicted octanol–water partition coefficient (Wildman–Crippen LogP) is 1.68. The van der Waals surface area contributed by atoms with Crippen LogP contribution in [0.5, 0.6) is 0 Å². The maximum atomic E-state index is 13.4. The van der Waals surface area contributed by atoms with E-state index in [1.807, 2.05) is 0 Å². The van der Waals surface area contributed by atoms with E-state index < -0.39 is 23.6 Å². The third-order valence-corrected chi connectivity index (χ3v) is 2.49. The first-order chi connectivity index (χ1) is 6.93. The number of carboxylic acid groups (broad SMARTS) is 1. The highest BCUT2D eigenvalue weighted by molar-refractivity contribution is 9.10. The molecule has 0 bridgehead atoms. The molecule has 0 fully saturated rings. The number of carbonyl (C=O) groups is 1. The summed E-state index contributed by atoms with van der Waals surface area (Å²) < 4.78 is 26.6. The average Bonchev–Trinajstić information content (AvgIpc) is 2.18. The van der Waals surface area contributed by atoms with E-state index in [9.17, 15) is 13.6 Å². The molecule has 1 rings (SSSR count). The van der Waals surface area contributed by atoms with Gasteiger partial charge in [0.25, 0.3) is 0 Å². The average molecular weight is 280 g/mol. The van der Waals surface area contributed by atoms with Gasteiger partial charge < -0.3 is 10.8 Å². The number of rotatable bonds is 3. The van der Waals surface area contributed by atoms with Gasteiger partial charge in [0, 0.05) is 12.0 Å². The maximum Gasteiger partial charge on any atom is 0.320 e. The largest absolute Gasteiger partial charge is 0.480 e. The van der Waals surface area contributed by atoms with E-state index >= 15 is 0 Å². The van der Waals surface area contributed by atoms with Gasteiger partial charge in [-0.25, -0.2) is 8.78 Å². The number of benzene rings is 1. The molecule has 15 heavy (non-hydrogen) atoms. The van der Waals surface area contributed by atoms with Crippen molar-refractivity contribution in [1.29, 1.82) is 0 Å². The Morgan fingerprint density at radius 3 is 2.67 bits per heavy atom. The van der Waals surface area contributed by atoms with E-state index in [1.54, 1.807) is 0 Å². The molecule has 0 aliphatic heterocycles. The van der Waals surface area contributed by atoms with E-state index in [1.165, 1.54) is 6.07 Å². The van der Waals surface area contributed by atoms with Crippen molar-refractivity contribution in [3.63, 3.8) is 0 Å². The van der Waals surface area contributed by atoms with Crippen LogP contribution >= 0.6 is 15.9 Å². The molecule has 0 aliphatic rings. The van der Waals surface area contributed by atoms with Crippen molar-refractivity contribution in [3.05, 3.63) is 33.8 Å². The Morgan fingerprint density at radius 2 is 2.13 bits per heavy atom. The molecular formula is C9H8BrF2NO2. The van der Waals surface area contributed by atoms with Crippen LogP contribution in [-0.4, -0.2) is 17.1 Å². The lowest BCUT2D eigenvalue weighted by atomic mass is 10.1. The normalized spacial score (nSPS) is 12.5. The van der Waals surface area contributed by atoms with E-state index in [2.05, 4.69) is 15.9 Å². The molecule has 3 nitrogen and oxygen atoms in total. The van der Waals surface area contributed by atoms with Gasteiger partial charge in [-0.3, -0.25) is 4.79 Å². The second-order valence-electron chi connectivity index (χ2n) is 2.97. The van der Waals surface area contributed by atoms with Gasteiger partial charge in [-0.2, -0.15) is 0 Å². The van der Waals surface area contributed by atoms with Crippen molar-refractivity contribution in [2.75, 3.05) is 0 Å². The van der Waals surface area contributed by atoms with Crippen LogP contribution in [0.3, 0.4) is 0 Å². The van der Waals surface area contributed by atoms with Gasteiger partial charge in [0.05, 0.1) is 4.47 Å². The van der Waals surface area contributed by atoms with Crippen LogP contribution in [-0.2, 0) is 11.2 Å².